The van der Waals surface area contributed by atoms with Crippen LogP contribution in [0.5, 0.6) is 5.75 Å². The minimum atomic E-state index is -0.235. The average Bonchev–Trinajstić information content (AvgIpc) is 2.48. The maximum Gasteiger partial charge on any atom is 0.193 e. The van der Waals surface area contributed by atoms with Crippen LogP contribution in [0.15, 0.2) is 53.5 Å². The standard InChI is InChI=1S/C16H18FN3O.HI/c1-21-15-7-5-14(6-8-15)20-16(18)19-10-9-12-3-2-4-13(17)11-12;/h2-8,11H,9-10H2,1H3,(H3,18,19,20);1H. The van der Waals surface area contributed by atoms with Gasteiger partial charge in [-0.1, -0.05) is 12.1 Å². The Bertz CT molecular complexity index is 617. The highest BCUT2D eigenvalue weighted by Gasteiger charge is 1.97. The lowest BCUT2D eigenvalue weighted by Crippen LogP contribution is -2.23. The molecule has 4 nitrogen and oxygen atoms in total. The minimum absolute atomic E-state index is 0. The fourth-order valence-electron chi connectivity index (χ4n) is 1.86. The molecular weight excluding hydrogens is 396 g/mol. The summed E-state index contributed by atoms with van der Waals surface area (Å²) in [7, 11) is 1.62. The smallest absolute Gasteiger partial charge is 0.193 e. The molecule has 0 aliphatic carbocycles. The number of halogens is 2. The van der Waals surface area contributed by atoms with E-state index in [0.717, 1.165) is 17.0 Å². The molecule has 0 aliphatic rings. The van der Waals surface area contributed by atoms with E-state index in [1.165, 1.54) is 12.1 Å². The van der Waals surface area contributed by atoms with E-state index in [9.17, 15) is 4.39 Å². The van der Waals surface area contributed by atoms with Crippen LogP contribution in [0.2, 0.25) is 0 Å². The molecule has 0 amide bonds. The van der Waals surface area contributed by atoms with Crippen LogP contribution in [0.3, 0.4) is 0 Å². The predicted molar refractivity (Wildman–Crippen MR) is 98.6 cm³/mol. The molecule has 118 valence electrons. The highest BCUT2D eigenvalue weighted by molar-refractivity contribution is 14.0. The van der Waals surface area contributed by atoms with Crippen molar-refractivity contribution in [3.05, 3.63) is 59.9 Å². The number of ether oxygens (including phenoxy) is 1. The van der Waals surface area contributed by atoms with Gasteiger partial charge in [-0.05, 0) is 48.4 Å². The van der Waals surface area contributed by atoms with Gasteiger partial charge in [-0.25, -0.2) is 4.39 Å². The van der Waals surface area contributed by atoms with Crippen molar-refractivity contribution in [1.82, 2.24) is 0 Å². The molecule has 2 aromatic rings. The molecule has 0 unspecified atom stereocenters. The highest BCUT2D eigenvalue weighted by atomic mass is 127. The molecule has 6 heteroatoms. The van der Waals surface area contributed by atoms with E-state index in [1.807, 2.05) is 30.3 Å². The molecule has 22 heavy (non-hydrogen) atoms. The number of benzene rings is 2. The topological polar surface area (TPSA) is 59.6 Å². The maximum absolute atomic E-state index is 13.0. The lowest BCUT2D eigenvalue weighted by atomic mass is 10.1. The van der Waals surface area contributed by atoms with Crippen molar-refractivity contribution in [2.24, 2.45) is 10.7 Å². The normalized spacial score (nSPS) is 10.7. The van der Waals surface area contributed by atoms with Crippen LogP contribution in [0, 0.1) is 5.82 Å². The van der Waals surface area contributed by atoms with E-state index in [1.54, 1.807) is 13.2 Å². The molecule has 0 bridgehead atoms. The summed E-state index contributed by atoms with van der Waals surface area (Å²) < 4.78 is 18.1. The van der Waals surface area contributed by atoms with Gasteiger partial charge in [0.1, 0.15) is 11.6 Å². The van der Waals surface area contributed by atoms with Gasteiger partial charge in [-0.2, -0.15) is 0 Å². The van der Waals surface area contributed by atoms with Crippen molar-refractivity contribution in [1.29, 1.82) is 0 Å². The molecule has 3 N–H and O–H groups in total. The monoisotopic (exact) mass is 415 g/mol. The Labute approximate surface area is 146 Å². The number of nitrogens with two attached hydrogens (primary N) is 1. The second-order valence-corrected chi connectivity index (χ2v) is 4.50. The van der Waals surface area contributed by atoms with Gasteiger partial charge in [0, 0.05) is 12.2 Å². The number of nitrogens with zero attached hydrogens (tertiary/aromatic N) is 1. The molecule has 0 heterocycles. The number of nitrogens with one attached hydrogen (secondary N) is 1. The van der Waals surface area contributed by atoms with Crippen molar-refractivity contribution in [2.75, 3.05) is 19.0 Å². The van der Waals surface area contributed by atoms with E-state index in [4.69, 9.17) is 10.5 Å². The largest absolute Gasteiger partial charge is 0.497 e. The zero-order valence-electron chi connectivity index (χ0n) is 12.3. The summed E-state index contributed by atoms with van der Waals surface area (Å²) in [5, 5.41) is 2.99. The first-order valence-electron chi connectivity index (χ1n) is 6.63. The van der Waals surface area contributed by atoms with E-state index >= 15 is 0 Å². The molecule has 0 saturated carbocycles. The van der Waals surface area contributed by atoms with Gasteiger partial charge in [0.2, 0.25) is 0 Å². The second-order valence-electron chi connectivity index (χ2n) is 4.50. The molecule has 0 aliphatic heterocycles. The number of aliphatic imine (C=N–C) groups is 1. The van der Waals surface area contributed by atoms with Crippen LogP contribution in [-0.2, 0) is 6.42 Å². The Balaban J connectivity index is 0.00000242. The van der Waals surface area contributed by atoms with Gasteiger partial charge in [-0.15, -0.1) is 24.0 Å². The number of hydrogen-bond acceptors (Lipinski definition) is 2. The highest BCUT2D eigenvalue weighted by Crippen LogP contribution is 2.14. The van der Waals surface area contributed by atoms with Crippen LogP contribution in [-0.4, -0.2) is 19.6 Å². The first-order chi connectivity index (χ1) is 10.2. The van der Waals surface area contributed by atoms with Gasteiger partial charge in [0.05, 0.1) is 7.11 Å². The van der Waals surface area contributed by atoms with E-state index in [2.05, 4.69) is 10.3 Å². The third kappa shape index (κ3) is 5.88. The van der Waals surface area contributed by atoms with Crippen LogP contribution >= 0.6 is 24.0 Å². The number of hydrogen-bond donors (Lipinski definition) is 2. The number of anilines is 1. The summed E-state index contributed by atoms with van der Waals surface area (Å²) in [4.78, 5) is 4.22. The molecule has 0 spiro atoms. The minimum Gasteiger partial charge on any atom is -0.497 e. The SMILES string of the molecule is COc1ccc(NC(N)=NCCc2cccc(F)c2)cc1.I. The van der Waals surface area contributed by atoms with E-state index in [-0.39, 0.29) is 29.8 Å². The Hall–Kier alpha value is -1.83. The molecule has 2 aromatic carbocycles. The fraction of sp³-hybridized carbons (Fsp3) is 0.188. The van der Waals surface area contributed by atoms with E-state index in [0.29, 0.717) is 18.9 Å². The quantitative estimate of drug-likeness (QED) is 0.447. The lowest BCUT2D eigenvalue weighted by Gasteiger charge is -2.06. The molecular formula is C16H19FIN3O. The number of rotatable bonds is 5. The number of methoxy groups -OCH3 is 1. The van der Waals surface area contributed by atoms with Gasteiger partial charge in [0.25, 0.3) is 0 Å². The third-order valence-corrected chi connectivity index (χ3v) is 2.93. The first-order valence-corrected chi connectivity index (χ1v) is 6.63. The second kappa shape index (κ2) is 9.24. The predicted octanol–water partition coefficient (Wildman–Crippen LogP) is 3.42. The Morgan fingerprint density at radius 2 is 1.95 bits per heavy atom. The summed E-state index contributed by atoms with van der Waals surface area (Å²) in [6, 6.07) is 13.9. The summed E-state index contributed by atoms with van der Waals surface area (Å²) in [6.45, 7) is 0.498. The zero-order chi connectivity index (χ0) is 15.1. The first kappa shape index (κ1) is 18.2. The molecule has 2 rings (SSSR count). The third-order valence-electron chi connectivity index (χ3n) is 2.93. The van der Waals surface area contributed by atoms with Crippen molar-refractivity contribution >= 4 is 35.6 Å². The number of guanidine groups is 1. The van der Waals surface area contributed by atoms with Crippen LogP contribution in [0.1, 0.15) is 5.56 Å². The Kier molecular flexibility index (Phi) is 7.65. The van der Waals surface area contributed by atoms with Crippen LogP contribution < -0.4 is 15.8 Å². The lowest BCUT2D eigenvalue weighted by molar-refractivity contribution is 0.415. The molecule has 0 aromatic heterocycles. The molecule has 0 radical (unpaired) electrons. The summed E-state index contributed by atoms with van der Waals surface area (Å²) >= 11 is 0. The van der Waals surface area contributed by atoms with Crippen molar-refractivity contribution in [3.8, 4) is 5.75 Å². The molecule has 0 fully saturated rings. The summed E-state index contributed by atoms with van der Waals surface area (Å²) in [5.41, 5.74) is 7.54. The molecule has 0 atom stereocenters. The Morgan fingerprint density at radius 1 is 1.23 bits per heavy atom. The fourth-order valence-corrected chi connectivity index (χ4v) is 1.86. The maximum atomic E-state index is 13.0. The Morgan fingerprint density at radius 3 is 2.59 bits per heavy atom. The van der Waals surface area contributed by atoms with Crippen molar-refractivity contribution in [3.63, 3.8) is 0 Å². The van der Waals surface area contributed by atoms with E-state index < -0.39 is 0 Å². The summed E-state index contributed by atoms with van der Waals surface area (Å²) in [6.07, 6.45) is 0.642. The van der Waals surface area contributed by atoms with Gasteiger partial charge >= 0.3 is 0 Å². The van der Waals surface area contributed by atoms with Gasteiger partial charge in [0.15, 0.2) is 5.96 Å². The van der Waals surface area contributed by atoms with Gasteiger partial charge < -0.3 is 15.8 Å². The van der Waals surface area contributed by atoms with Crippen molar-refractivity contribution in [2.45, 2.75) is 6.42 Å². The van der Waals surface area contributed by atoms with Gasteiger partial charge in [-0.3, -0.25) is 4.99 Å². The average molecular weight is 415 g/mol. The van der Waals surface area contributed by atoms with Crippen LogP contribution in [0.4, 0.5) is 10.1 Å². The van der Waals surface area contributed by atoms with Crippen molar-refractivity contribution < 1.29 is 9.13 Å². The molecule has 0 saturated heterocycles. The van der Waals surface area contributed by atoms with Crippen LogP contribution in [0.25, 0.3) is 0 Å². The summed E-state index contributed by atoms with van der Waals surface area (Å²) in [5.74, 6) is 0.875. The zero-order valence-corrected chi connectivity index (χ0v) is 14.6.